The summed E-state index contributed by atoms with van der Waals surface area (Å²) in [5.41, 5.74) is 0. The van der Waals surface area contributed by atoms with E-state index in [2.05, 4.69) is 16.8 Å². The molecule has 51 valence electrons. The second-order valence-electron chi connectivity index (χ2n) is 2.85. The van der Waals surface area contributed by atoms with Gasteiger partial charge in [-0.25, -0.2) is 0 Å². The highest BCUT2D eigenvalue weighted by Crippen LogP contribution is 2.18. The molecular formula is C7H13N2. The van der Waals surface area contributed by atoms with Gasteiger partial charge in [0.1, 0.15) is 0 Å². The Morgan fingerprint density at radius 3 is 3.33 bits per heavy atom. The van der Waals surface area contributed by atoms with Gasteiger partial charge in [0.15, 0.2) is 0 Å². The fourth-order valence-corrected chi connectivity index (χ4v) is 1.73. The van der Waals surface area contributed by atoms with E-state index in [1.165, 1.54) is 32.4 Å². The molecule has 0 spiro atoms. The van der Waals surface area contributed by atoms with Gasteiger partial charge in [0.25, 0.3) is 0 Å². The van der Waals surface area contributed by atoms with Gasteiger partial charge in [-0.05, 0) is 25.8 Å². The molecule has 2 saturated heterocycles. The summed E-state index contributed by atoms with van der Waals surface area (Å²) >= 11 is 0. The molecule has 2 nitrogen and oxygen atoms in total. The Hall–Kier alpha value is -0.0800. The van der Waals surface area contributed by atoms with Crippen LogP contribution in [0.15, 0.2) is 0 Å². The van der Waals surface area contributed by atoms with E-state index in [9.17, 15) is 0 Å². The molecule has 0 aromatic heterocycles. The van der Waals surface area contributed by atoms with E-state index in [4.69, 9.17) is 0 Å². The van der Waals surface area contributed by atoms with Crippen molar-refractivity contribution >= 4 is 0 Å². The maximum Gasteiger partial charge on any atom is 0.0600 e. The Morgan fingerprint density at radius 1 is 1.44 bits per heavy atom. The summed E-state index contributed by atoms with van der Waals surface area (Å²) < 4.78 is 0. The normalized spacial score (nSPS) is 36.7. The smallest absolute Gasteiger partial charge is 0.0600 e. The van der Waals surface area contributed by atoms with Gasteiger partial charge in [0.2, 0.25) is 0 Å². The number of nitrogens with one attached hydrogen (secondary N) is 1. The fraction of sp³-hybridized carbons (Fsp3) is 0.857. The van der Waals surface area contributed by atoms with Crippen LogP contribution in [0.2, 0.25) is 0 Å². The molecule has 0 aromatic rings. The number of hydrogen-bond acceptors (Lipinski definition) is 2. The van der Waals surface area contributed by atoms with Crippen molar-refractivity contribution in [1.29, 1.82) is 0 Å². The number of fused-ring (bicyclic) bond motifs is 1. The lowest BCUT2D eigenvalue weighted by molar-refractivity contribution is 0.199. The molecule has 0 aromatic carbocycles. The first kappa shape index (κ1) is 5.69. The molecule has 2 aliphatic heterocycles. The van der Waals surface area contributed by atoms with Gasteiger partial charge in [0, 0.05) is 13.1 Å². The highest BCUT2D eigenvalue weighted by molar-refractivity contribution is 4.85. The lowest BCUT2D eigenvalue weighted by Gasteiger charge is -2.29. The Balaban J connectivity index is 1.97. The largest absolute Gasteiger partial charge is 0.297 e. The van der Waals surface area contributed by atoms with Crippen molar-refractivity contribution < 1.29 is 0 Å². The molecule has 0 amide bonds. The van der Waals surface area contributed by atoms with Crippen LogP contribution in [0.25, 0.3) is 0 Å². The Morgan fingerprint density at radius 2 is 2.44 bits per heavy atom. The topological polar surface area (TPSA) is 15.3 Å². The Labute approximate surface area is 56.2 Å². The molecule has 2 rings (SSSR count). The molecule has 2 fully saturated rings. The SMILES string of the molecule is [CH]1CCN2CCCC2N1. The van der Waals surface area contributed by atoms with Crippen molar-refractivity contribution in [1.82, 2.24) is 10.2 Å². The summed E-state index contributed by atoms with van der Waals surface area (Å²) in [6, 6.07) is 0. The number of nitrogens with zero attached hydrogens (tertiary/aromatic N) is 1. The van der Waals surface area contributed by atoms with Crippen molar-refractivity contribution in [2.24, 2.45) is 0 Å². The Kier molecular flexibility index (Phi) is 1.44. The van der Waals surface area contributed by atoms with Gasteiger partial charge in [-0.1, -0.05) is 0 Å². The van der Waals surface area contributed by atoms with Crippen molar-refractivity contribution in [2.75, 3.05) is 13.1 Å². The summed E-state index contributed by atoms with van der Waals surface area (Å²) in [5, 5.41) is 3.38. The zero-order chi connectivity index (χ0) is 6.10. The molecule has 1 unspecified atom stereocenters. The standard InChI is InChI=1S/C7H13N2/c1-3-7-8-4-2-6-9(7)5-1/h4,7-8H,1-3,5-6H2. The van der Waals surface area contributed by atoms with Crippen LogP contribution in [0.4, 0.5) is 0 Å². The van der Waals surface area contributed by atoms with E-state index in [1.807, 2.05) is 0 Å². The average molecular weight is 125 g/mol. The first-order valence-electron chi connectivity index (χ1n) is 3.78. The lowest BCUT2D eigenvalue weighted by Crippen LogP contribution is -2.44. The van der Waals surface area contributed by atoms with E-state index in [1.54, 1.807) is 0 Å². The third-order valence-electron chi connectivity index (χ3n) is 2.23. The lowest BCUT2D eigenvalue weighted by atomic mass is 10.2. The maximum atomic E-state index is 3.38. The van der Waals surface area contributed by atoms with Crippen LogP contribution in [0.1, 0.15) is 19.3 Å². The summed E-state index contributed by atoms with van der Waals surface area (Å²) in [6.07, 6.45) is 4.64. The molecule has 0 aliphatic carbocycles. The van der Waals surface area contributed by atoms with Crippen LogP contribution in [0.3, 0.4) is 0 Å². The molecule has 9 heavy (non-hydrogen) atoms. The first-order chi connectivity index (χ1) is 4.47. The summed E-state index contributed by atoms with van der Waals surface area (Å²) in [6.45, 7) is 4.79. The average Bonchev–Trinajstić information content (AvgIpc) is 2.33. The minimum Gasteiger partial charge on any atom is -0.297 e. The predicted molar refractivity (Wildman–Crippen MR) is 36.6 cm³/mol. The molecule has 1 N–H and O–H groups in total. The van der Waals surface area contributed by atoms with Gasteiger partial charge in [-0.2, -0.15) is 0 Å². The van der Waals surface area contributed by atoms with Crippen LogP contribution in [0, 0.1) is 6.54 Å². The highest BCUT2D eigenvalue weighted by Gasteiger charge is 2.25. The van der Waals surface area contributed by atoms with Crippen LogP contribution in [-0.2, 0) is 0 Å². The minimum absolute atomic E-state index is 0.693. The van der Waals surface area contributed by atoms with Crippen LogP contribution < -0.4 is 5.32 Å². The van der Waals surface area contributed by atoms with Gasteiger partial charge >= 0.3 is 0 Å². The van der Waals surface area contributed by atoms with Crippen molar-refractivity contribution in [3.63, 3.8) is 0 Å². The fourth-order valence-electron chi connectivity index (χ4n) is 1.73. The summed E-state index contributed by atoms with van der Waals surface area (Å²) in [7, 11) is 0. The van der Waals surface area contributed by atoms with Gasteiger partial charge < -0.3 is 0 Å². The predicted octanol–water partition coefficient (Wildman–Crippen LogP) is 0.563. The zero-order valence-corrected chi connectivity index (χ0v) is 5.64. The van der Waals surface area contributed by atoms with Gasteiger partial charge in [-0.3, -0.25) is 10.2 Å². The van der Waals surface area contributed by atoms with Crippen molar-refractivity contribution in [3.8, 4) is 0 Å². The van der Waals surface area contributed by atoms with E-state index in [0.29, 0.717) is 6.17 Å². The van der Waals surface area contributed by atoms with Gasteiger partial charge in [0.05, 0.1) is 6.17 Å². The zero-order valence-electron chi connectivity index (χ0n) is 5.64. The molecule has 2 heteroatoms. The second-order valence-corrected chi connectivity index (χ2v) is 2.85. The number of rotatable bonds is 0. The maximum absolute atomic E-state index is 3.38. The molecule has 1 radical (unpaired) electrons. The van der Waals surface area contributed by atoms with Gasteiger partial charge in [-0.15, -0.1) is 0 Å². The first-order valence-corrected chi connectivity index (χ1v) is 3.78. The van der Waals surface area contributed by atoms with E-state index in [-0.39, 0.29) is 0 Å². The minimum atomic E-state index is 0.693. The van der Waals surface area contributed by atoms with Crippen LogP contribution in [-0.4, -0.2) is 24.2 Å². The quantitative estimate of drug-likeness (QED) is 0.509. The molecule has 0 saturated carbocycles. The Bertz CT molecular complexity index is 91.1. The highest BCUT2D eigenvalue weighted by atomic mass is 15.3. The summed E-state index contributed by atoms with van der Waals surface area (Å²) in [5.74, 6) is 0. The van der Waals surface area contributed by atoms with E-state index < -0.39 is 0 Å². The molecular weight excluding hydrogens is 112 g/mol. The van der Waals surface area contributed by atoms with Crippen molar-refractivity contribution in [3.05, 3.63) is 6.54 Å². The summed E-state index contributed by atoms with van der Waals surface area (Å²) in [4.78, 5) is 2.53. The molecule has 1 atom stereocenters. The van der Waals surface area contributed by atoms with Crippen LogP contribution >= 0.6 is 0 Å². The van der Waals surface area contributed by atoms with Crippen molar-refractivity contribution in [2.45, 2.75) is 25.4 Å². The second kappa shape index (κ2) is 2.27. The molecule has 2 heterocycles. The van der Waals surface area contributed by atoms with E-state index >= 15 is 0 Å². The molecule has 2 aliphatic rings. The third-order valence-corrected chi connectivity index (χ3v) is 2.23. The third kappa shape index (κ3) is 0.970. The van der Waals surface area contributed by atoms with E-state index in [0.717, 1.165) is 0 Å². The number of hydrogen-bond donors (Lipinski definition) is 1. The molecule has 0 bridgehead atoms. The monoisotopic (exact) mass is 125 g/mol. The van der Waals surface area contributed by atoms with Crippen LogP contribution in [0.5, 0.6) is 0 Å².